The Hall–Kier alpha value is -3.32. The highest BCUT2D eigenvalue weighted by atomic mass is 32.1. The van der Waals surface area contributed by atoms with Crippen LogP contribution in [0.3, 0.4) is 0 Å². The monoisotopic (exact) mass is 366 g/mol. The van der Waals surface area contributed by atoms with Crippen LogP contribution in [0.15, 0.2) is 76.9 Å². The van der Waals surface area contributed by atoms with Gasteiger partial charge in [-0.1, -0.05) is 30.9 Å². The molecule has 2 aromatic rings. The van der Waals surface area contributed by atoms with Crippen LogP contribution in [0.2, 0.25) is 0 Å². The molecule has 26 heavy (non-hydrogen) atoms. The van der Waals surface area contributed by atoms with Crippen LogP contribution in [0.5, 0.6) is 0 Å². The quantitative estimate of drug-likeness (QED) is 0.356. The predicted molar refractivity (Wildman–Crippen MR) is 113 cm³/mol. The van der Waals surface area contributed by atoms with E-state index >= 15 is 0 Å². The standard InChI is InChI=1S/C19H22N6S/c1-3-13(5-4-12(2)24-18(20)21)16-10-11-17(26-16)14-6-8-15(9-7-14)25-19(22)23/h3-11H,2H2,1H3,(H4,20,21,24)(H4,22,23,25)/b5-4-,13-3+. The van der Waals surface area contributed by atoms with Gasteiger partial charge in [-0.05, 0) is 48.4 Å². The Labute approximate surface area is 156 Å². The molecule has 0 aliphatic rings. The zero-order chi connectivity index (χ0) is 19.1. The maximum Gasteiger partial charge on any atom is 0.191 e. The number of rotatable bonds is 6. The van der Waals surface area contributed by atoms with Gasteiger partial charge in [0.15, 0.2) is 11.9 Å². The van der Waals surface area contributed by atoms with E-state index in [1.54, 1.807) is 17.4 Å². The van der Waals surface area contributed by atoms with E-state index in [1.807, 2.05) is 43.3 Å². The van der Waals surface area contributed by atoms with E-state index < -0.39 is 0 Å². The molecule has 8 N–H and O–H groups in total. The molecule has 0 saturated carbocycles. The molecule has 0 unspecified atom stereocenters. The molecule has 0 bridgehead atoms. The van der Waals surface area contributed by atoms with Gasteiger partial charge in [0.2, 0.25) is 0 Å². The largest absolute Gasteiger partial charge is 0.370 e. The summed E-state index contributed by atoms with van der Waals surface area (Å²) >= 11 is 1.68. The molecule has 2 rings (SSSR count). The normalized spacial score (nSPS) is 11.3. The number of hydrogen-bond donors (Lipinski definition) is 4. The molecule has 0 aliphatic carbocycles. The van der Waals surface area contributed by atoms with Crippen LogP contribution in [0, 0.1) is 0 Å². The van der Waals surface area contributed by atoms with E-state index in [-0.39, 0.29) is 11.9 Å². The van der Waals surface area contributed by atoms with Gasteiger partial charge in [-0.25, -0.2) is 9.98 Å². The Morgan fingerprint density at radius 1 is 0.962 bits per heavy atom. The molecule has 1 aromatic carbocycles. The van der Waals surface area contributed by atoms with Gasteiger partial charge in [-0.2, -0.15) is 0 Å². The molecule has 0 aliphatic heterocycles. The zero-order valence-corrected chi connectivity index (χ0v) is 15.3. The Kier molecular flexibility index (Phi) is 6.35. The minimum Gasteiger partial charge on any atom is -0.370 e. The molecular weight excluding hydrogens is 344 g/mol. The minimum atomic E-state index is -0.00994. The molecular formula is C19H22N6S. The van der Waals surface area contributed by atoms with Crippen molar-refractivity contribution in [3.63, 3.8) is 0 Å². The van der Waals surface area contributed by atoms with Gasteiger partial charge in [0.1, 0.15) is 0 Å². The second-order valence-corrected chi connectivity index (χ2v) is 6.44. The number of guanidine groups is 2. The van der Waals surface area contributed by atoms with Crippen molar-refractivity contribution >= 4 is 34.5 Å². The summed E-state index contributed by atoms with van der Waals surface area (Å²) in [6, 6.07) is 11.9. The summed E-state index contributed by atoms with van der Waals surface area (Å²) in [5.74, 6) is 0.0345. The number of hydrogen-bond acceptors (Lipinski definition) is 3. The lowest BCUT2D eigenvalue weighted by Crippen LogP contribution is -2.22. The average Bonchev–Trinajstić information content (AvgIpc) is 3.05. The van der Waals surface area contributed by atoms with E-state index in [1.165, 1.54) is 0 Å². The van der Waals surface area contributed by atoms with Crippen LogP contribution in [-0.4, -0.2) is 11.9 Å². The molecule has 0 atom stereocenters. The van der Waals surface area contributed by atoms with Crippen molar-refractivity contribution < 1.29 is 0 Å². The second kappa shape index (κ2) is 8.68. The fraction of sp³-hybridized carbons (Fsp3) is 0.0526. The molecule has 0 spiro atoms. The first-order chi connectivity index (χ1) is 12.4. The second-order valence-electron chi connectivity index (χ2n) is 5.35. The van der Waals surface area contributed by atoms with Gasteiger partial charge in [0.05, 0.1) is 11.4 Å². The Morgan fingerprint density at radius 3 is 2.23 bits per heavy atom. The number of nitrogens with zero attached hydrogens (tertiary/aromatic N) is 2. The van der Waals surface area contributed by atoms with E-state index in [0.29, 0.717) is 5.70 Å². The third kappa shape index (κ3) is 5.35. The van der Waals surface area contributed by atoms with Gasteiger partial charge in [0, 0.05) is 9.75 Å². The Balaban J connectivity index is 2.20. The van der Waals surface area contributed by atoms with Gasteiger partial charge < -0.3 is 22.9 Å². The van der Waals surface area contributed by atoms with Gasteiger partial charge in [-0.3, -0.25) is 0 Å². The van der Waals surface area contributed by atoms with Crippen molar-refractivity contribution in [1.29, 1.82) is 0 Å². The van der Waals surface area contributed by atoms with E-state index in [4.69, 9.17) is 22.9 Å². The third-order valence-corrected chi connectivity index (χ3v) is 4.52. The van der Waals surface area contributed by atoms with E-state index in [9.17, 15) is 0 Å². The summed E-state index contributed by atoms with van der Waals surface area (Å²) in [5.41, 5.74) is 24.9. The summed E-state index contributed by atoms with van der Waals surface area (Å²) in [5, 5.41) is 0. The van der Waals surface area contributed by atoms with Crippen molar-refractivity contribution in [3.8, 4) is 10.4 Å². The van der Waals surface area contributed by atoms with Crippen LogP contribution in [0.25, 0.3) is 16.0 Å². The molecule has 0 fully saturated rings. The maximum atomic E-state index is 5.39. The minimum absolute atomic E-state index is 0.00994. The molecule has 0 saturated heterocycles. The van der Waals surface area contributed by atoms with Gasteiger partial charge >= 0.3 is 0 Å². The van der Waals surface area contributed by atoms with Crippen LogP contribution < -0.4 is 22.9 Å². The number of benzene rings is 1. The topological polar surface area (TPSA) is 129 Å². The highest BCUT2D eigenvalue weighted by Crippen LogP contribution is 2.33. The number of nitrogens with two attached hydrogens (primary N) is 4. The third-order valence-electron chi connectivity index (χ3n) is 3.34. The Bertz CT molecular complexity index is 892. The fourth-order valence-electron chi connectivity index (χ4n) is 2.21. The van der Waals surface area contributed by atoms with Crippen LogP contribution in [-0.2, 0) is 0 Å². The Morgan fingerprint density at radius 2 is 1.65 bits per heavy atom. The van der Waals surface area contributed by atoms with Crippen molar-refractivity contribution in [2.75, 3.05) is 0 Å². The number of aliphatic imine (C=N–C) groups is 2. The SMILES string of the molecule is C=C(/C=C\C(=C/C)c1ccc(-c2ccc(N=C(N)N)cc2)s1)N=C(N)N. The summed E-state index contributed by atoms with van der Waals surface area (Å²) in [4.78, 5) is 10.2. The van der Waals surface area contributed by atoms with E-state index in [2.05, 4.69) is 28.7 Å². The van der Waals surface area contributed by atoms with E-state index in [0.717, 1.165) is 26.6 Å². The first-order valence-electron chi connectivity index (χ1n) is 7.82. The highest BCUT2D eigenvalue weighted by Gasteiger charge is 2.05. The molecule has 0 amide bonds. The van der Waals surface area contributed by atoms with Crippen LogP contribution in [0.4, 0.5) is 5.69 Å². The van der Waals surface area contributed by atoms with Crippen molar-refractivity contribution in [1.82, 2.24) is 0 Å². The first-order valence-corrected chi connectivity index (χ1v) is 8.64. The summed E-state index contributed by atoms with van der Waals surface area (Å²) in [6.45, 7) is 5.77. The lowest BCUT2D eigenvalue weighted by molar-refractivity contribution is 1.36. The average molecular weight is 366 g/mol. The molecule has 7 heteroatoms. The summed E-state index contributed by atoms with van der Waals surface area (Å²) in [6.07, 6.45) is 5.74. The molecule has 6 nitrogen and oxygen atoms in total. The lowest BCUT2D eigenvalue weighted by Gasteiger charge is -2.00. The zero-order valence-electron chi connectivity index (χ0n) is 14.5. The smallest absolute Gasteiger partial charge is 0.191 e. The fourth-order valence-corrected chi connectivity index (χ4v) is 3.27. The van der Waals surface area contributed by atoms with Gasteiger partial charge in [-0.15, -0.1) is 11.3 Å². The predicted octanol–water partition coefficient (Wildman–Crippen LogP) is 3.07. The highest BCUT2D eigenvalue weighted by molar-refractivity contribution is 7.16. The number of allylic oxidation sites excluding steroid dienone is 4. The van der Waals surface area contributed by atoms with Crippen LogP contribution >= 0.6 is 11.3 Å². The summed E-state index contributed by atoms with van der Waals surface area (Å²) in [7, 11) is 0. The van der Waals surface area contributed by atoms with Gasteiger partial charge in [0.25, 0.3) is 0 Å². The summed E-state index contributed by atoms with van der Waals surface area (Å²) < 4.78 is 0. The van der Waals surface area contributed by atoms with Crippen molar-refractivity contribution in [3.05, 3.63) is 71.8 Å². The number of thiophene rings is 1. The first kappa shape index (κ1) is 19.0. The molecule has 0 radical (unpaired) electrons. The van der Waals surface area contributed by atoms with Crippen molar-refractivity contribution in [2.24, 2.45) is 32.9 Å². The maximum absolute atomic E-state index is 5.39. The van der Waals surface area contributed by atoms with Crippen molar-refractivity contribution in [2.45, 2.75) is 6.92 Å². The molecule has 1 aromatic heterocycles. The van der Waals surface area contributed by atoms with Crippen LogP contribution in [0.1, 0.15) is 11.8 Å². The molecule has 1 heterocycles. The lowest BCUT2D eigenvalue weighted by atomic mass is 10.1. The molecule has 134 valence electrons.